The first-order chi connectivity index (χ1) is 14.1. The number of hydrogen-bond acceptors (Lipinski definition) is 3. The standard InChI is InChI=1S/C26H34O3/c27-24(22-13-6-3-9-18-8-1-4-11-20(18)22)14-7-15-25(28)23-17-16-19-10-2-5-12-21(19)26(23)29/h2,5,10,12,18,20,22-23H,1,3-4,6-9,11,13-17H2. The van der Waals surface area contributed by atoms with Gasteiger partial charge >= 0.3 is 0 Å². The number of ketones is 3. The van der Waals surface area contributed by atoms with Crippen LogP contribution in [0.5, 0.6) is 0 Å². The first-order valence-corrected chi connectivity index (χ1v) is 11.8. The van der Waals surface area contributed by atoms with Crippen LogP contribution in [-0.4, -0.2) is 17.3 Å². The predicted molar refractivity (Wildman–Crippen MR) is 114 cm³/mol. The third-order valence-electron chi connectivity index (χ3n) is 7.77. The van der Waals surface area contributed by atoms with Gasteiger partial charge in [0.1, 0.15) is 11.6 Å². The fourth-order valence-electron chi connectivity index (χ4n) is 6.21. The Labute approximate surface area is 174 Å². The van der Waals surface area contributed by atoms with E-state index in [0.717, 1.165) is 29.9 Å². The van der Waals surface area contributed by atoms with Gasteiger partial charge in [-0.15, -0.1) is 0 Å². The highest BCUT2D eigenvalue weighted by Gasteiger charge is 2.37. The van der Waals surface area contributed by atoms with Gasteiger partial charge < -0.3 is 0 Å². The summed E-state index contributed by atoms with van der Waals surface area (Å²) in [5.41, 5.74) is 1.78. The van der Waals surface area contributed by atoms with Gasteiger partial charge in [0.05, 0.1) is 5.92 Å². The molecule has 0 N–H and O–H groups in total. The lowest BCUT2D eigenvalue weighted by atomic mass is 9.70. The van der Waals surface area contributed by atoms with E-state index in [1.807, 2.05) is 24.3 Å². The van der Waals surface area contributed by atoms with Gasteiger partial charge in [-0.2, -0.15) is 0 Å². The zero-order valence-corrected chi connectivity index (χ0v) is 17.5. The molecule has 2 fully saturated rings. The summed E-state index contributed by atoms with van der Waals surface area (Å²) in [6, 6.07) is 7.64. The van der Waals surface area contributed by atoms with Crippen molar-refractivity contribution in [3.63, 3.8) is 0 Å². The highest BCUT2D eigenvalue weighted by Crippen LogP contribution is 2.43. The zero-order chi connectivity index (χ0) is 20.2. The molecule has 0 spiro atoms. The van der Waals surface area contributed by atoms with Gasteiger partial charge in [-0.05, 0) is 49.5 Å². The molecule has 2 saturated carbocycles. The third kappa shape index (κ3) is 4.54. The van der Waals surface area contributed by atoms with Gasteiger partial charge in [0.15, 0.2) is 5.78 Å². The van der Waals surface area contributed by atoms with Gasteiger partial charge in [0.25, 0.3) is 0 Å². The van der Waals surface area contributed by atoms with Crippen molar-refractivity contribution in [2.24, 2.45) is 23.7 Å². The molecule has 3 nitrogen and oxygen atoms in total. The van der Waals surface area contributed by atoms with Crippen LogP contribution < -0.4 is 0 Å². The van der Waals surface area contributed by atoms with Crippen LogP contribution in [-0.2, 0) is 16.0 Å². The van der Waals surface area contributed by atoms with Crippen LogP contribution in [0.25, 0.3) is 0 Å². The number of carbonyl (C=O) groups excluding carboxylic acids is 3. The van der Waals surface area contributed by atoms with Crippen LogP contribution in [0.1, 0.15) is 93.0 Å². The lowest BCUT2D eigenvalue weighted by Gasteiger charge is -2.34. The van der Waals surface area contributed by atoms with Crippen LogP contribution in [0.4, 0.5) is 0 Å². The minimum absolute atomic E-state index is 0.0167. The lowest BCUT2D eigenvalue weighted by Crippen LogP contribution is -2.31. The largest absolute Gasteiger partial charge is 0.299 e. The normalized spacial score (nSPS) is 29.4. The number of carbonyl (C=O) groups is 3. The molecule has 0 heterocycles. The van der Waals surface area contributed by atoms with E-state index in [1.54, 1.807) is 0 Å². The van der Waals surface area contributed by atoms with E-state index < -0.39 is 5.92 Å². The molecule has 0 aromatic heterocycles. The number of rotatable bonds is 6. The molecular weight excluding hydrogens is 360 g/mol. The summed E-state index contributed by atoms with van der Waals surface area (Å²) >= 11 is 0. The Hall–Kier alpha value is -1.77. The molecule has 1 aromatic rings. The number of fused-ring (bicyclic) bond motifs is 2. The highest BCUT2D eigenvalue weighted by molar-refractivity contribution is 6.12. The van der Waals surface area contributed by atoms with Crippen molar-refractivity contribution >= 4 is 17.3 Å². The SMILES string of the molecule is O=C(CCCC(=O)C1CCCCC2CCCCC21)C1CCc2ccccc2C1=O. The first-order valence-electron chi connectivity index (χ1n) is 11.8. The number of hydrogen-bond donors (Lipinski definition) is 0. The molecule has 4 atom stereocenters. The van der Waals surface area contributed by atoms with Gasteiger partial charge in [-0.1, -0.05) is 62.8 Å². The smallest absolute Gasteiger partial charge is 0.173 e. The van der Waals surface area contributed by atoms with Crippen molar-refractivity contribution in [2.75, 3.05) is 0 Å². The Balaban J connectivity index is 1.30. The quantitative estimate of drug-likeness (QED) is 0.578. The average Bonchev–Trinajstić information content (AvgIpc) is 2.96. The van der Waals surface area contributed by atoms with Crippen molar-refractivity contribution < 1.29 is 14.4 Å². The van der Waals surface area contributed by atoms with E-state index in [9.17, 15) is 14.4 Å². The maximum absolute atomic E-state index is 13.0. The fourth-order valence-corrected chi connectivity index (χ4v) is 6.21. The molecule has 1 aromatic carbocycles. The predicted octanol–water partition coefficient (Wildman–Crippen LogP) is 5.74. The second-order valence-corrected chi connectivity index (χ2v) is 9.50. The van der Waals surface area contributed by atoms with E-state index in [2.05, 4.69) is 0 Å². The molecule has 3 heteroatoms. The number of aryl methyl sites for hydroxylation is 1. The van der Waals surface area contributed by atoms with Crippen LogP contribution in [0.3, 0.4) is 0 Å². The molecule has 3 aliphatic rings. The Morgan fingerprint density at radius 3 is 2.34 bits per heavy atom. The summed E-state index contributed by atoms with van der Waals surface area (Å²) in [7, 11) is 0. The first kappa shape index (κ1) is 20.5. The van der Waals surface area contributed by atoms with Gasteiger partial charge in [-0.3, -0.25) is 14.4 Å². The summed E-state index contributed by atoms with van der Waals surface area (Å²) in [5, 5.41) is 0. The summed E-state index contributed by atoms with van der Waals surface area (Å²) < 4.78 is 0. The number of benzene rings is 1. The Bertz CT molecular complexity index is 765. The minimum Gasteiger partial charge on any atom is -0.299 e. The lowest BCUT2D eigenvalue weighted by molar-refractivity contribution is -0.126. The van der Waals surface area contributed by atoms with Crippen LogP contribution in [0.15, 0.2) is 24.3 Å². The monoisotopic (exact) mass is 394 g/mol. The topological polar surface area (TPSA) is 51.2 Å². The van der Waals surface area contributed by atoms with Crippen LogP contribution >= 0.6 is 0 Å². The third-order valence-corrected chi connectivity index (χ3v) is 7.77. The van der Waals surface area contributed by atoms with E-state index in [-0.39, 0.29) is 17.5 Å². The molecule has 0 saturated heterocycles. The van der Waals surface area contributed by atoms with Crippen molar-refractivity contribution in [3.8, 4) is 0 Å². The fraction of sp³-hybridized carbons (Fsp3) is 0.654. The summed E-state index contributed by atoms with van der Waals surface area (Å²) in [6.45, 7) is 0. The molecule has 29 heavy (non-hydrogen) atoms. The minimum atomic E-state index is -0.499. The van der Waals surface area contributed by atoms with Crippen molar-refractivity contribution in [2.45, 2.75) is 83.5 Å². The zero-order valence-electron chi connectivity index (χ0n) is 17.5. The molecule has 156 valence electrons. The van der Waals surface area contributed by atoms with Crippen molar-refractivity contribution in [1.82, 2.24) is 0 Å². The second kappa shape index (κ2) is 9.36. The average molecular weight is 395 g/mol. The second-order valence-electron chi connectivity index (χ2n) is 9.50. The molecule has 4 rings (SSSR count). The summed E-state index contributed by atoms with van der Waals surface area (Å²) in [5.74, 6) is 1.47. The van der Waals surface area contributed by atoms with Gasteiger partial charge in [-0.25, -0.2) is 0 Å². The molecule has 0 amide bonds. The Morgan fingerprint density at radius 1 is 0.828 bits per heavy atom. The summed E-state index contributed by atoms with van der Waals surface area (Å²) in [6.07, 6.45) is 12.8. The molecule has 4 unspecified atom stereocenters. The maximum Gasteiger partial charge on any atom is 0.173 e. The molecule has 3 aliphatic carbocycles. The van der Waals surface area contributed by atoms with Gasteiger partial charge in [0.2, 0.25) is 0 Å². The molecule has 0 aliphatic heterocycles. The van der Waals surface area contributed by atoms with Crippen LogP contribution in [0, 0.1) is 23.7 Å². The van der Waals surface area contributed by atoms with Crippen molar-refractivity contribution in [1.29, 1.82) is 0 Å². The van der Waals surface area contributed by atoms with E-state index >= 15 is 0 Å². The highest BCUT2D eigenvalue weighted by atomic mass is 16.2. The molecular formula is C26H34O3. The molecule has 0 radical (unpaired) electrons. The van der Waals surface area contributed by atoms with E-state index in [1.165, 1.54) is 44.9 Å². The maximum atomic E-state index is 13.0. The van der Waals surface area contributed by atoms with E-state index in [4.69, 9.17) is 0 Å². The van der Waals surface area contributed by atoms with Crippen molar-refractivity contribution in [3.05, 3.63) is 35.4 Å². The summed E-state index contributed by atoms with van der Waals surface area (Å²) in [4.78, 5) is 38.5. The Kier molecular flexibility index (Phi) is 6.62. The van der Waals surface area contributed by atoms with Crippen LogP contribution in [0.2, 0.25) is 0 Å². The number of Topliss-reactive ketones (excluding diaryl/α,β-unsaturated/α-hetero) is 3. The molecule has 0 bridgehead atoms. The van der Waals surface area contributed by atoms with E-state index in [0.29, 0.717) is 37.4 Å². The van der Waals surface area contributed by atoms with Gasteiger partial charge in [0, 0.05) is 24.3 Å². The Morgan fingerprint density at radius 2 is 1.52 bits per heavy atom.